The Labute approximate surface area is 113 Å². The van der Waals surface area contributed by atoms with Crippen LogP contribution in [0.4, 0.5) is 0 Å². The maximum Gasteiger partial charge on any atom is 0.328 e. The van der Waals surface area contributed by atoms with Crippen LogP contribution < -0.4 is 0 Å². The van der Waals surface area contributed by atoms with E-state index in [-0.39, 0.29) is 13.2 Å². The monoisotopic (exact) mass is 264 g/mol. The first-order valence-electron chi connectivity index (χ1n) is 6.53. The van der Waals surface area contributed by atoms with Crippen molar-refractivity contribution in [3.63, 3.8) is 0 Å². The van der Waals surface area contributed by atoms with Gasteiger partial charge in [0.2, 0.25) is 0 Å². The minimum Gasteiger partial charge on any atom is -0.465 e. The molecule has 0 aromatic heterocycles. The van der Waals surface area contributed by atoms with Gasteiger partial charge >= 0.3 is 11.9 Å². The Kier molecular flexibility index (Phi) is 5.55. The highest BCUT2D eigenvalue weighted by Crippen LogP contribution is 2.31. The Bertz CT molecular complexity index is 407. The normalized spacial score (nSPS) is 10.9. The third-order valence-corrected chi connectivity index (χ3v) is 3.04. The van der Waals surface area contributed by atoms with Crippen LogP contribution in [0.3, 0.4) is 0 Å². The Morgan fingerprint density at radius 1 is 0.947 bits per heavy atom. The summed E-state index contributed by atoms with van der Waals surface area (Å²) in [4.78, 5) is 24.6. The Morgan fingerprint density at radius 3 is 1.79 bits per heavy atom. The molecule has 0 bridgehead atoms. The van der Waals surface area contributed by atoms with Gasteiger partial charge in [0.1, 0.15) is 0 Å². The van der Waals surface area contributed by atoms with Gasteiger partial charge in [-0.05, 0) is 25.8 Å². The smallest absolute Gasteiger partial charge is 0.328 e. The minimum atomic E-state index is -1.37. The van der Waals surface area contributed by atoms with Gasteiger partial charge < -0.3 is 9.47 Å². The van der Waals surface area contributed by atoms with E-state index in [0.717, 1.165) is 0 Å². The fourth-order valence-corrected chi connectivity index (χ4v) is 2.04. The van der Waals surface area contributed by atoms with E-state index in [2.05, 4.69) is 0 Å². The molecular weight excluding hydrogens is 244 g/mol. The van der Waals surface area contributed by atoms with E-state index in [9.17, 15) is 9.59 Å². The maximum absolute atomic E-state index is 12.3. The highest BCUT2D eigenvalue weighted by molar-refractivity contribution is 6.06. The first kappa shape index (κ1) is 15.2. The number of ether oxygens (including phenoxy) is 2. The quantitative estimate of drug-likeness (QED) is 0.585. The van der Waals surface area contributed by atoms with Crippen LogP contribution >= 0.6 is 0 Å². The zero-order chi connectivity index (χ0) is 14.3. The highest BCUT2D eigenvalue weighted by atomic mass is 16.6. The van der Waals surface area contributed by atoms with Gasteiger partial charge in [-0.25, -0.2) is 0 Å². The molecule has 1 rings (SSSR count). The largest absolute Gasteiger partial charge is 0.465 e. The highest BCUT2D eigenvalue weighted by Gasteiger charge is 2.48. The lowest BCUT2D eigenvalue weighted by Gasteiger charge is -2.28. The van der Waals surface area contributed by atoms with Crippen molar-refractivity contribution in [2.24, 2.45) is 0 Å². The molecule has 0 saturated carbocycles. The van der Waals surface area contributed by atoms with Gasteiger partial charge in [-0.15, -0.1) is 0 Å². The molecule has 4 nitrogen and oxygen atoms in total. The third kappa shape index (κ3) is 2.95. The zero-order valence-electron chi connectivity index (χ0n) is 11.6. The maximum atomic E-state index is 12.3. The van der Waals surface area contributed by atoms with Gasteiger partial charge in [0, 0.05) is 0 Å². The summed E-state index contributed by atoms with van der Waals surface area (Å²) in [6.45, 7) is 5.67. The number of hydrogen-bond donors (Lipinski definition) is 0. The fourth-order valence-electron chi connectivity index (χ4n) is 2.04. The Hall–Kier alpha value is -1.84. The van der Waals surface area contributed by atoms with Crippen LogP contribution in [0, 0.1) is 0 Å². The van der Waals surface area contributed by atoms with Crippen LogP contribution in [-0.4, -0.2) is 25.2 Å². The summed E-state index contributed by atoms with van der Waals surface area (Å²) in [5.41, 5.74) is -0.762. The van der Waals surface area contributed by atoms with Crippen LogP contribution in [0.2, 0.25) is 0 Å². The summed E-state index contributed by atoms with van der Waals surface area (Å²) >= 11 is 0. The summed E-state index contributed by atoms with van der Waals surface area (Å²) in [5, 5.41) is 0. The van der Waals surface area contributed by atoms with Crippen LogP contribution in [0.5, 0.6) is 0 Å². The molecule has 0 aliphatic heterocycles. The van der Waals surface area contributed by atoms with Gasteiger partial charge in [0.25, 0.3) is 0 Å². The van der Waals surface area contributed by atoms with Crippen molar-refractivity contribution >= 4 is 11.9 Å². The van der Waals surface area contributed by atoms with Crippen molar-refractivity contribution in [1.82, 2.24) is 0 Å². The van der Waals surface area contributed by atoms with E-state index in [1.807, 2.05) is 6.07 Å². The lowest BCUT2D eigenvalue weighted by molar-refractivity contribution is -0.165. The van der Waals surface area contributed by atoms with E-state index in [1.165, 1.54) is 0 Å². The van der Waals surface area contributed by atoms with Gasteiger partial charge in [-0.3, -0.25) is 9.59 Å². The van der Waals surface area contributed by atoms with Crippen molar-refractivity contribution < 1.29 is 19.1 Å². The average molecular weight is 264 g/mol. The van der Waals surface area contributed by atoms with Gasteiger partial charge in [0.05, 0.1) is 13.2 Å². The average Bonchev–Trinajstić information content (AvgIpc) is 2.42. The molecular formula is C15H20O4. The standard InChI is InChI=1S/C15H20O4/c1-4-15(13(16)18-5-2,14(17)19-6-3)12-10-8-7-9-11-12/h7-11H,4-6H2,1-3H3. The van der Waals surface area contributed by atoms with Crippen molar-refractivity contribution in [1.29, 1.82) is 0 Å². The van der Waals surface area contributed by atoms with Gasteiger partial charge in [-0.2, -0.15) is 0 Å². The van der Waals surface area contributed by atoms with E-state index < -0.39 is 17.4 Å². The molecule has 0 amide bonds. The lowest BCUT2D eigenvalue weighted by atomic mass is 9.78. The zero-order valence-corrected chi connectivity index (χ0v) is 11.6. The molecule has 0 aliphatic carbocycles. The molecule has 1 aromatic carbocycles. The molecule has 0 spiro atoms. The molecule has 4 heteroatoms. The van der Waals surface area contributed by atoms with Gasteiger partial charge in [0.15, 0.2) is 5.41 Å². The van der Waals surface area contributed by atoms with E-state index in [0.29, 0.717) is 12.0 Å². The van der Waals surface area contributed by atoms with Gasteiger partial charge in [-0.1, -0.05) is 37.3 Å². The first-order chi connectivity index (χ1) is 9.13. The minimum absolute atomic E-state index is 0.229. The number of esters is 2. The molecule has 0 fully saturated rings. The molecule has 0 N–H and O–H groups in total. The Morgan fingerprint density at radius 2 is 1.42 bits per heavy atom. The van der Waals surface area contributed by atoms with Crippen LogP contribution in [-0.2, 0) is 24.5 Å². The second-order valence-electron chi connectivity index (χ2n) is 4.07. The molecule has 0 aliphatic rings. The summed E-state index contributed by atoms with van der Waals surface area (Å²) < 4.78 is 10.2. The molecule has 0 saturated heterocycles. The van der Waals surface area contributed by atoms with Crippen LogP contribution in [0.15, 0.2) is 30.3 Å². The second-order valence-corrected chi connectivity index (χ2v) is 4.07. The molecule has 1 aromatic rings. The fraction of sp³-hybridized carbons (Fsp3) is 0.467. The number of rotatable bonds is 6. The van der Waals surface area contributed by atoms with Crippen LogP contribution in [0.25, 0.3) is 0 Å². The third-order valence-electron chi connectivity index (χ3n) is 3.04. The number of carbonyl (C=O) groups excluding carboxylic acids is 2. The van der Waals surface area contributed by atoms with Crippen molar-refractivity contribution in [2.45, 2.75) is 32.6 Å². The molecule has 19 heavy (non-hydrogen) atoms. The second kappa shape index (κ2) is 6.92. The first-order valence-corrected chi connectivity index (χ1v) is 6.53. The Balaban J connectivity index is 3.29. The number of benzene rings is 1. The summed E-state index contributed by atoms with van der Waals surface area (Å²) in [6, 6.07) is 8.91. The molecule has 0 unspecified atom stereocenters. The summed E-state index contributed by atoms with van der Waals surface area (Å²) in [7, 11) is 0. The summed E-state index contributed by atoms with van der Waals surface area (Å²) in [5.74, 6) is -1.11. The number of carbonyl (C=O) groups is 2. The van der Waals surface area contributed by atoms with Crippen LogP contribution in [0.1, 0.15) is 32.8 Å². The van der Waals surface area contributed by atoms with E-state index in [1.54, 1.807) is 45.0 Å². The van der Waals surface area contributed by atoms with E-state index >= 15 is 0 Å². The lowest BCUT2D eigenvalue weighted by Crippen LogP contribution is -2.45. The molecule has 0 heterocycles. The number of hydrogen-bond acceptors (Lipinski definition) is 4. The van der Waals surface area contributed by atoms with Crippen molar-refractivity contribution in [3.8, 4) is 0 Å². The van der Waals surface area contributed by atoms with Crippen molar-refractivity contribution in [2.75, 3.05) is 13.2 Å². The van der Waals surface area contributed by atoms with Crippen molar-refractivity contribution in [3.05, 3.63) is 35.9 Å². The van der Waals surface area contributed by atoms with E-state index in [4.69, 9.17) is 9.47 Å². The molecule has 104 valence electrons. The molecule has 0 atom stereocenters. The molecule has 0 radical (unpaired) electrons. The summed E-state index contributed by atoms with van der Waals surface area (Å²) in [6.07, 6.45) is 0.300. The predicted molar refractivity (Wildman–Crippen MR) is 71.7 cm³/mol. The SMILES string of the molecule is CCOC(=O)C(CC)(C(=O)OCC)c1ccccc1. The topological polar surface area (TPSA) is 52.6 Å². The predicted octanol–water partition coefficient (Wildman–Crippen LogP) is 2.46.